The van der Waals surface area contributed by atoms with E-state index >= 15 is 0 Å². The molecule has 0 atom stereocenters. The summed E-state index contributed by atoms with van der Waals surface area (Å²) in [7, 11) is 0. The van der Waals surface area contributed by atoms with Crippen molar-refractivity contribution in [3.05, 3.63) is 84.2 Å². The first-order valence-electron chi connectivity index (χ1n) is 7.03. The molecular formula is C18H13FN4. The smallest absolute Gasteiger partial charge is 0.123 e. The van der Waals surface area contributed by atoms with Gasteiger partial charge in [0.05, 0.1) is 29.7 Å². The molecule has 112 valence electrons. The Bertz CT molecular complexity index is 808. The van der Waals surface area contributed by atoms with Crippen LogP contribution >= 0.6 is 0 Å². The topological polar surface area (TPSA) is 52.8 Å². The first kappa shape index (κ1) is 14.7. The predicted octanol–water partition coefficient (Wildman–Crippen LogP) is 3.83. The molecule has 4 nitrogen and oxygen atoms in total. The van der Waals surface area contributed by atoms with Crippen molar-refractivity contribution in [2.45, 2.75) is 6.54 Å². The van der Waals surface area contributed by atoms with Gasteiger partial charge in [-0.3, -0.25) is 0 Å². The minimum Gasteiger partial charge on any atom is -0.334 e. The fraction of sp³-hybridized carbons (Fsp3) is 0.0556. The predicted molar refractivity (Wildman–Crippen MR) is 85.4 cm³/mol. The number of aromatic nitrogens is 2. The van der Waals surface area contributed by atoms with Crippen LogP contribution in [0.4, 0.5) is 15.8 Å². The van der Waals surface area contributed by atoms with Gasteiger partial charge in [-0.1, -0.05) is 12.1 Å². The van der Waals surface area contributed by atoms with Crippen molar-refractivity contribution in [3.63, 3.8) is 0 Å². The Morgan fingerprint density at radius 3 is 2.17 bits per heavy atom. The third-order valence-corrected chi connectivity index (χ3v) is 3.42. The van der Waals surface area contributed by atoms with E-state index in [9.17, 15) is 4.39 Å². The molecule has 0 spiro atoms. The van der Waals surface area contributed by atoms with Gasteiger partial charge < -0.3 is 4.90 Å². The zero-order chi connectivity index (χ0) is 16.1. The van der Waals surface area contributed by atoms with Crippen LogP contribution in [-0.2, 0) is 6.54 Å². The van der Waals surface area contributed by atoms with E-state index in [-0.39, 0.29) is 5.82 Å². The van der Waals surface area contributed by atoms with Crippen LogP contribution in [0.25, 0.3) is 0 Å². The highest BCUT2D eigenvalue weighted by molar-refractivity contribution is 5.62. The number of hydrogen-bond donors (Lipinski definition) is 0. The van der Waals surface area contributed by atoms with Gasteiger partial charge in [0, 0.05) is 12.2 Å². The average Bonchev–Trinajstić information content (AvgIpc) is 2.62. The number of rotatable bonds is 4. The Morgan fingerprint density at radius 2 is 1.57 bits per heavy atom. The van der Waals surface area contributed by atoms with Gasteiger partial charge in [-0.05, 0) is 42.0 Å². The molecule has 0 N–H and O–H groups in total. The molecule has 5 heteroatoms. The van der Waals surface area contributed by atoms with E-state index in [4.69, 9.17) is 5.26 Å². The highest BCUT2D eigenvalue weighted by Gasteiger charge is 2.11. The fourth-order valence-electron chi connectivity index (χ4n) is 2.25. The Kier molecular flexibility index (Phi) is 4.25. The van der Waals surface area contributed by atoms with E-state index in [0.29, 0.717) is 12.1 Å². The van der Waals surface area contributed by atoms with Gasteiger partial charge in [0.2, 0.25) is 0 Å². The zero-order valence-corrected chi connectivity index (χ0v) is 12.2. The van der Waals surface area contributed by atoms with Crippen LogP contribution in [0.5, 0.6) is 0 Å². The van der Waals surface area contributed by atoms with Gasteiger partial charge in [0.1, 0.15) is 12.1 Å². The molecule has 0 unspecified atom stereocenters. The molecule has 0 aliphatic carbocycles. The zero-order valence-electron chi connectivity index (χ0n) is 12.2. The van der Waals surface area contributed by atoms with Crippen LogP contribution in [0.1, 0.15) is 11.1 Å². The van der Waals surface area contributed by atoms with Crippen LogP contribution in [-0.4, -0.2) is 9.97 Å². The molecule has 1 aromatic heterocycles. The molecule has 0 fully saturated rings. The summed E-state index contributed by atoms with van der Waals surface area (Å²) in [5, 5.41) is 8.93. The van der Waals surface area contributed by atoms with Gasteiger partial charge >= 0.3 is 0 Å². The number of halogens is 1. The fourth-order valence-corrected chi connectivity index (χ4v) is 2.25. The molecule has 0 aliphatic rings. The van der Waals surface area contributed by atoms with Gasteiger partial charge in [-0.2, -0.15) is 5.26 Å². The average molecular weight is 304 g/mol. The van der Waals surface area contributed by atoms with Crippen molar-refractivity contribution in [2.24, 2.45) is 0 Å². The van der Waals surface area contributed by atoms with Gasteiger partial charge in [-0.25, -0.2) is 14.4 Å². The van der Waals surface area contributed by atoms with Crippen molar-refractivity contribution in [3.8, 4) is 6.07 Å². The Morgan fingerprint density at radius 1 is 0.913 bits per heavy atom. The molecule has 0 bridgehead atoms. The summed E-state index contributed by atoms with van der Waals surface area (Å²) >= 11 is 0. The second kappa shape index (κ2) is 6.67. The van der Waals surface area contributed by atoms with Gasteiger partial charge in [0.15, 0.2) is 0 Å². The molecule has 3 rings (SSSR count). The summed E-state index contributed by atoms with van der Waals surface area (Å²) in [6.07, 6.45) is 4.90. The maximum atomic E-state index is 13.1. The third kappa shape index (κ3) is 3.50. The Balaban J connectivity index is 1.96. The summed E-state index contributed by atoms with van der Waals surface area (Å²) in [5.41, 5.74) is 3.28. The highest BCUT2D eigenvalue weighted by Crippen LogP contribution is 2.26. The molecule has 0 aliphatic heterocycles. The molecule has 0 saturated carbocycles. The van der Waals surface area contributed by atoms with Gasteiger partial charge in [-0.15, -0.1) is 0 Å². The van der Waals surface area contributed by atoms with E-state index in [2.05, 4.69) is 16.0 Å². The van der Waals surface area contributed by atoms with Crippen molar-refractivity contribution in [2.75, 3.05) is 4.90 Å². The first-order chi connectivity index (χ1) is 11.3. The third-order valence-electron chi connectivity index (χ3n) is 3.42. The van der Waals surface area contributed by atoms with Crippen LogP contribution in [0.3, 0.4) is 0 Å². The van der Waals surface area contributed by atoms with Gasteiger partial charge in [0.25, 0.3) is 0 Å². The minimum atomic E-state index is -0.262. The molecular weight excluding hydrogens is 291 g/mol. The number of nitrogens with zero attached hydrogens (tertiary/aromatic N) is 4. The van der Waals surface area contributed by atoms with E-state index in [1.807, 2.05) is 17.0 Å². The van der Waals surface area contributed by atoms with E-state index in [1.54, 1.807) is 36.7 Å². The SMILES string of the molecule is N#Cc1ccc(N(Cc2ccc(F)cc2)c2cncnc2)cc1. The quantitative estimate of drug-likeness (QED) is 0.735. The van der Waals surface area contributed by atoms with E-state index in [1.165, 1.54) is 18.5 Å². The maximum Gasteiger partial charge on any atom is 0.123 e. The summed E-state index contributed by atoms with van der Waals surface area (Å²) in [6, 6.07) is 15.7. The largest absolute Gasteiger partial charge is 0.334 e. The molecule has 0 radical (unpaired) electrons. The lowest BCUT2D eigenvalue weighted by atomic mass is 10.1. The van der Waals surface area contributed by atoms with Crippen molar-refractivity contribution < 1.29 is 4.39 Å². The molecule has 1 heterocycles. The van der Waals surface area contributed by atoms with Crippen LogP contribution in [0.15, 0.2) is 67.3 Å². The first-order valence-corrected chi connectivity index (χ1v) is 7.03. The maximum absolute atomic E-state index is 13.1. The van der Waals surface area contributed by atoms with Crippen LogP contribution in [0.2, 0.25) is 0 Å². The molecule has 0 saturated heterocycles. The lowest BCUT2D eigenvalue weighted by Crippen LogP contribution is -2.16. The summed E-state index contributed by atoms with van der Waals surface area (Å²) in [4.78, 5) is 10.1. The highest BCUT2D eigenvalue weighted by atomic mass is 19.1. The second-order valence-electron chi connectivity index (χ2n) is 4.97. The Hall–Kier alpha value is -3.26. The second-order valence-corrected chi connectivity index (χ2v) is 4.97. The van der Waals surface area contributed by atoms with E-state index < -0.39 is 0 Å². The normalized spacial score (nSPS) is 10.1. The Labute approximate surface area is 133 Å². The van der Waals surface area contributed by atoms with Crippen LogP contribution < -0.4 is 4.90 Å². The van der Waals surface area contributed by atoms with Crippen molar-refractivity contribution in [1.82, 2.24) is 9.97 Å². The molecule has 3 aromatic rings. The number of benzene rings is 2. The summed E-state index contributed by atoms with van der Waals surface area (Å²) < 4.78 is 13.1. The summed E-state index contributed by atoms with van der Waals surface area (Å²) in [6.45, 7) is 0.541. The minimum absolute atomic E-state index is 0.262. The monoisotopic (exact) mass is 304 g/mol. The number of anilines is 2. The number of hydrogen-bond acceptors (Lipinski definition) is 4. The van der Waals surface area contributed by atoms with E-state index in [0.717, 1.165) is 16.9 Å². The lowest BCUT2D eigenvalue weighted by molar-refractivity contribution is 0.627. The van der Waals surface area contributed by atoms with Crippen molar-refractivity contribution >= 4 is 11.4 Å². The summed E-state index contributed by atoms with van der Waals surface area (Å²) in [5.74, 6) is -0.262. The molecule has 2 aromatic carbocycles. The van der Waals surface area contributed by atoms with Crippen LogP contribution in [0, 0.1) is 17.1 Å². The van der Waals surface area contributed by atoms with Crippen molar-refractivity contribution in [1.29, 1.82) is 5.26 Å². The number of nitriles is 1. The lowest BCUT2D eigenvalue weighted by Gasteiger charge is -2.24. The molecule has 0 amide bonds. The molecule has 23 heavy (non-hydrogen) atoms. The standard InChI is InChI=1S/C18H13FN4/c19-16-5-1-15(2-6-16)12-23(18-10-21-13-22-11-18)17-7-3-14(9-20)4-8-17/h1-8,10-11,13H,12H2.